The van der Waals surface area contributed by atoms with E-state index in [4.69, 9.17) is 0 Å². The highest BCUT2D eigenvalue weighted by atomic mass is 32.3. The first-order valence-electron chi connectivity index (χ1n) is 2.24. The second-order valence-corrected chi connectivity index (χ2v) is 6.27. The summed E-state index contributed by atoms with van der Waals surface area (Å²) in [4.78, 5) is 0. The average molecular weight is 141 g/mol. The largest absolute Gasteiger partial charge is 0.250 e. The fraction of sp³-hybridized carbons (Fsp3) is 1.00. The van der Waals surface area contributed by atoms with Gasteiger partial charge in [-0.05, 0) is 25.0 Å². The monoisotopic (exact) mass is 141 g/mol. The Morgan fingerprint density at radius 2 is 1.14 bits per heavy atom. The zero-order valence-corrected chi connectivity index (χ0v) is 7.18. The van der Waals surface area contributed by atoms with E-state index in [2.05, 4.69) is 29.2 Å². The fourth-order valence-electron chi connectivity index (χ4n) is 0.400. The summed E-state index contributed by atoms with van der Waals surface area (Å²) in [5.41, 5.74) is 0. The maximum Gasteiger partial charge on any atom is -0.0247 e. The molecule has 0 spiro atoms. The third kappa shape index (κ3) is 6.66. The molecule has 0 atom stereocenters. The van der Waals surface area contributed by atoms with Crippen molar-refractivity contribution >= 4 is 22.2 Å². The van der Waals surface area contributed by atoms with Crippen molar-refractivity contribution in [1.82, 2.24) is 4.13 Å². The molecule has 0 aromatic heterocycles. The highest BCUT2D eigenvalue weighted by Gasteiger charge is 1.84. The fourth-order valence-corrected chi connectivity index (χ4v) is 3.60. The lowest BCUT2D eigenvalue weighted by Gasteiger charge is -2.17. The van der Waals surface area contributed by atoms with Gasteiger partial charge in [-0.1, -0.05) is 0 Å². The molecule has 0 radical (unpaired) electrons. The number of hydrogen-bond donors (Lipinski definition) is 3. The Balaban J connectivity index is 2.95. The van der Waals surface area contributed by atoms with Crippen LogP contribution in [0.25, 0.3) is 0 Å². The van der Waals surface area contributed by atoms with Crippen LogP contribution in [0.1, 0.15) is 0 Å². The van der Waals surface area contributed by atoms with Gasteiger partial charge in [0.15, 0.2) is 0 Å². The van der Waals surface area contributed by atoms with Crippen molar-refractivity contribution in [1.29, 1.82) is 0 Å². The van der Waals surface area contributed by atoms with Crippen LogP contribution < -0.4 is 4.13 Å². The van der Waals surface area contributed by atoms with E-state index in [9.17, 15) is 0 Å². The summed E-state index contributed by atoms with van der Waals surface area (Å²) in [6, 6.07) is 0. The van der Waals surface area contributed by atoms with Crippen molar-refractivity contribution in [3.63, 3.8) is 0 Å². The lowest BCUT2D eigenvalue weighted by Crippen LogP contribution is -2.00. The highest BCUT2D eigenvalue weighted by Crippen LogP contribution is 2.18. The number of thiol groups is 2. The van der Waals surface area contributed by atoms with Crippen molar-refractivity contribution in [2.75, 3.05) is 25.0 Å². The summed E-state index contributed by atoms with van der Waals surface area (Å²) in [6.07, 6.45) is 8.94. The maximum atomic E-state index is 3.44. The van der Waals surface area contributed by atoms with Crippen LogP contribution >= 0.6 is 22.2 Å². The van der Waals surface area contributed by atoms with Gasteiger partial charge in [-0.15, -0.1) is 0 Å². The van der Waals surface area contributed by atoms with E-state index in [0.29, 0.717) is 0 Å². The molecule has 0 aromatic rings. The Bertz CT molecular complexity index is 39.0. The number of hydrogen-bond acceptors (Lipinski definition) is 1. The van der Waals surface area contributed by atoms with Gasteiger partial charge in [0.05, 0.1) is 0 Å². The minimum Gasteiger partial charge on any atom is -0.250 e. The van der Waals surface area contributed by atoms with Gasteiger partial charge in [0.2, 0.25) is 0 Å². The van der Waals surface area contributed by atoms with E-state index in [1.165, 1.54) is 0 Å². The van der Waals surface area contributed by atoms with Gasteiger partial charge in [0.1, 0.15) is 0 Å². The first-order valence-corrected chi connectivity index (χ1v) is 6.71. The molecule has 0 saturated carbocycles. The standard InChI is InChI=1S/C4H15NS2/c1-6(2)5-7(3)4/h5-7H,1-4H3. The van der Waals surface area contributed by atoms with E-state index in [1.54, 1.807) is 0 Å². The van der Waals surface area contributed by atoms with Crippen LogP contribution in [0.15, 0.2) is 0 Å². The normalized spacial score (nSPS) is 13.7. The second-order valence-electron chi connectivity index (χ2n) is 1.89. The molecule has 0 heterocycles. The SMILES string of the molecule is C[SH](C)N[SH](C)C. The van der Waals surface area contributed by atoms with Crippen LogP contribution in [0.3, 0.4) is 0 Å². The van der Waals surface area contributed by atoms with Gasteiger partial charge >= 0.3 is 0 Å². The third-order valence-electron chi connectivity index (χ3n) is 0.400. The Labute approximate surface area is 51.8 Å². The molecule has 48 valence electrons. The molecule has 1 N–H and O–H groups in total. The molecule has 0 aliphatic carbocycles. The third-order valence-corrected chi connectivity index (χ3v) is 3.60. The van der Waals surface area contributed by atoms with E-state index >= 15 is 0 Å². The molecular weight excluding hydrogens is 126 g/mol. The van der Waals surface area contributed by atoms with Gasteiger partial charge in [-0.2, -0.15) is 22.2 Å². The Morgan fingerprint density at radius 3 is 1.14 bits per heavy atom. The minimum atomic E-state index is 0.139. The van der Waals surface area contributed by atoms with Gasteiger partial charge in [-0.25, -0.2) is 0 Å². The molecule has 0 saturated heterocycles. The van der Waals surface area contributed by atoms with Crippen LogP contribution in [-0.4, -0.2) is 25.0 Å². The van der Waals surface area contributed by atoms with E-state index in [-0.39, 0.29) is 22.2 Å². The molecule has 0 bridgehead atoms. The molecule has 1 nitrogen and oxygen atoms in total. The van der Waals surface area contributed by atoms with Crippen LogP contribution in [-0.2, 0) is 0 Å². The van der Waals surface area contributed by atoms with Crippen LogP contribution in [0, 0.1) is 0 Å². The van der Waals surface area contributed by atoms with E-state index in [1.807, 2.05) is 0 Å². The maximum absolute atomic E-state index is 3.44. The number of nitrogens with one attached hydrogen (secondary N) is 1. The molecule has 0 fully saturated rings. The zero-order valence-electron chi connectivity index (χ0n) is 5.39. The van der Waals surface area contributed by atoms with Crippen molar-refractivity contribution in [3.8, 4) is 0 Å². The highest BCUT2D eigenvalue weighted by molar-refractivity contribution is 8.28. The van der Waals surface area contributed by atoms with E-state index < -0.39 is 0 Å². The summed E-state index contributed by atoms with van der Waals surface area (Å²) in [6.45, 7) is 0. The van der Waals surface area contributed by atoms with Gasteiger partial charge in [0.25, 0.3) is 0 Å². The Morgan fingerprint density at radius 1 is 0.857 bits per heavy atom. The topological polar surface area (TPSA) is 12.0 Å². The van der Waals surface area contributed by atoms with Gasteiger partial charge in [0, 0.05) is 0 Å². The molecule has 0 aliphatic heterocycles. The molecule has 0 unspecified atom stereocenters. The molecular formula is C4H15NS2. The van der Waals surface area contributed by atoms with Crippen LogP contribution in [0.5, 0.6) is 0 Å². The van der Waals surface area contributed by atoms with E-state index in [0.717, 1.165) is 0 Å². The lowest BCUT2D eigenvalue weighted by atomic mass is 11.9. The zero-order chi connectivity index (χ0) is 5.86. The van der Waals surface area contributed by atoms with Gasteiger partial charge in [-0.3, -0.25) is 4.13 Å². The summed E-state index contributed by atoms with van der Waals surface area (Å²) < 4.78 is 3.44. The lowest BCUT2D eigenvalue weighted by molar-refractivity contribution is 1.68. The average Bonchev–Trinajstić information content (AvgIpc) is 1.27. The predicted molar refractivity (Wildman–Crippen MR) is 44.8 cm³/mol. The molecule has 3 heteroatoms. The van der Waals surface area contributed by atoms with Crippen molar-refractivity contribution in [2.24, 2.45) is 0 Å². The van der Waals surface area contributed by atoms with Crippen molar-refractivity contribution < 1.29 is 0 Å². The minimum absolute atomic E-state index is 0.139. The molecule has 0 rings (SSSR count). The quantitative estimate of drug-likeness (QED) is 0.486. The Hall–Kier alpha value is 0.660. The van der Waals surface area contributed by atoms with Crippen LogP contribution in [0.2, 0.25) is 0 Å². The predicted octanol–water partition coefficient (Wildman–Crippen LogP) is 0.928. The molecule has 0 aromatic carbocycles. The van der Waals surface area contributed by atoms with Crippen molar-refractivity contribution in [3.05, 3.63) is 0 Å². The molecule has 0 aliphatic rings. The molecule has 7 heavy (non-hydrogen) atoms. The summed E-state index contributed by atoms with van der Waals surface area (Å²) >= 11 is 0.278. The first kappa shape index (κ1) is 7.66. The summed E-state index contributed by atoms with van der Waals surface area (Å²) in [5, 5.41) is 0. The smallest absolute Gasteiger partial charge is 0.0247 e. The first-order chi connectivity index (χ1) is 3.13. The Kier molecular flexibility index (Phi) is 3.98. The summed E-state index contributed by atoms with van der Waals surface area (Å²) in [7, 11) is 0. The summed E-state index contributed by atoms with van der Waals surface area (Å²) in [5.74, 6) is 0. The van der Waals surface area contributed by atoms with Gasteiger partial charge < -0.3 is 0 Å². The number of rotatable bonds is 2. The molecule has 0 amide bonds. The van der Waals surface area contributed by atoms with Crippen LogP contribution in [0.4, 0.5) is 0 Å². The van der Waals surface area contributed by atoms with Crippen molar-refractivity contribution in [2.45, 2.75) is 0 Å². The second kappa shape index (κ2) is 3.64.